The van der Waals surface area contributed by atoms with Crippen LogP contribution in [0, 0.1) is 0 Å². The summed E-state index contributed by atoms with van der Waals surface area (Å²) >= 11 is 11.7. The summed E-state index contributed by atoms with van der Waals surface area (Å²) in [5, 5.41) is 1.99. The molecule has 0 aliphatic rings. The molecule has 1 rings (SSSR count). The molecule has 1 amide bonds. The molecule has 130 valence electrons. The molecule has 6 nitrogen and oxygen atoms in total. The lowest BCUT2D eigenvalue weighted by molar-refractivity contribution is -0.189. The van der Waals surface area contributed by atoms with E-state index in [-0.39, 0.29) is 38.2 Å². The van der Waals surface area contributed by atoms with Crippen LogP contribution in [0.1, 0.15) is 25.8 Å². The van der Waals surface area contributed by atoms with Gasteiger partial charge in [-0.3, -0.25) is 14.2 Å². The standard InChI is InChI=1S/C14H20Cl2NO5P/c1-3-22-23(19,20)8-4-7-17(11(2)18)21-10-12-5-6-13(15)14(16)9-12/h5-6,9H,3-4,7-8,10H2,1-2H3,(H,19,20). The molecule has 23 heavy (non-hydrogen) atoms. The second-order valence-electron chi connectivity index (χ2n) is 4.78. The second kappa shape index (κ2) is 9.62. The molecular formula is C14H20Cl2NO5P. The monoisotopic (exact) mass is 383 g/mol. The Morgan fingerprint density at radius 2 is 2.04 bits per heavy atom. The van der Waals surface area contributed by atoms with Crippen molar-refractivity contribution in [3.63, 3.8) is 0 Å². The zero-order valence-corrected chi connectivity index (χ0v) is 15.4. The van der Waals surface area contributed by atoms with Crippen LogP contribution in [-0.2, 0) is 25.3 Å². The van der Waals surface area contributed by atoms with E-state index in [1.807, 2.05) is 0 Å². The Kier molecular flexibility index (Phi) is 8.54. The number of halogens is 2. The predicted molar refractivity (Wildman–Crippen MR) is 89.6 cm³/mol. The molecule has 1 unspecified atom stereocenters. The van der Waals surface area contributed by atoms with E-state index < -0.39 is 7.60 Å². The Hall–Kier alpha value is -0.620. The number of hydroxylamine groups is 2. The highest BCUT2D eigenvalue weighted by atomic mass is 35.5. The first-order chi connectivity index (χ1) is 10.7. The molecule has 0 fully saturated rings. The maximum atomic E-state index is 11.6. The highest BCUT2D eigenvalue weighted by Gasteiger charge is 2.19. The van der Waals surface area contributed by atoms with E-state index in [9.17, 15) is 14.3 Å². The minimum atomic E-state index is -3.59. The second-order valence-corrected chi connectivity index (χ2v) is 7.57. The average molecular weight is 384 g/mol. The normalized spacial score (nSPS) is 13.6. The van der Waals surface area contributed by atoms with Gasteiger partial charge in [0.25, 0.3) is 0 Å². The van der Waals surface area contributed by atoms with Gasteiger partial charge in [0.15, 0.2) is 0 Å². The maximum absolute atomic E-state index is 11.6. The van der Waals surface area contributed by atoms with Crippen molar-refractivity contribution < 1.29 is 23.6 Å². The SMILES string of the molecule is CCOP(=O)(O)CCCN(OCc1ccc(Cl)c(Cl)c1)C(C)=O. The fourth-order valence-electron chi connectivity index (χ4n) is 1.78. The van der Waals surface area contributed by atoms with Crippen molar-refractivity contribution in [2.45, 2.75) is 26.9 Å². The van der Waals surface area contributed by atoms with E-state index in [2.05, 4.69) is 0 Å². The summed E-state index contributed by atoms with van der Waals surface area (Å²) in [7, 11) is -3.59. The Morgan fingerprint density at radius 1 is 1.35 bits per heavy atom. The van der Waals surface area contributed by atoms with Gasteiger partial charge in [-0.25, -0.2) is 5.06 Å². The maximum Gasteiger partial charge on any atom is 0.328 e. The van der Waals surface area contributed by atoms with Crippen LogP contribution in [0.15, 0.2) is 18.2 Å². The summed E-state index contributed by atoms with van der Waals surface area (Å²) in [6.45, 7) is 3.49. The highest BCUT2D eigenvalue weighted by Crippen LogP contribution is 2.42. The molecule has 1 aromatic carbocycles. The van der Waals surface area contributed by atoms with Crippen molar-refractivity contribution in [3.05, 3.63) is 33.8 Å². The first kappa shape index (κ1) is 20.4. The van der Waals surface area contributed by atoms with Crippen molar-refractivity contribution in [3.8, 4) is 0 Å². The van der Waals surface area contributed by atoms with Crippen molar-refractivity contribution in [2.24, 2.45) is 0 Å². The van der Waals surface area contributed by atoms with Crippen LogP contribution in [0.25, 0.3) is 0 Å². The third-order valence-electron chi connectivity index (χ3n) is 2.86. The van der Waals surface area contributed by atoms with Crippen LogP contribution in [-0.4, -0.2) is 35.2 Å². The van der Waals surface area contributed by atoms with Crippen LogP contribution < -0.4 is 0 Å². The minimum Gasteiger partial charge on any atom is -0.324 e. The van der Waals surface area contributed by atoms with E-state index in [1.165, 1.54) is 6.92 Å². The van der Waals surface area contributed by atoms with Crippen LogP contribution in [0.2, 0.25) is 10.0 Å². The fraction of sp³-hybridized carbons (Fsp3) is 0.500. The van der Waals surface area contributed by atoms with Gasteiger partial charge >= 0.3 is 7.60 Å². The van der Waals surface area contributed by atoms with Crippen LogP contribution >= 0.6 is 30.8 Å². The Labute approximate surface area is 145 Å². The summed E-state index contributed by atoms with van der Waals surface area (Å²) in [5.41, 5.74) is 0.757. The molecule has 0 heterocycles. The fourth-order valence-corrected chi connectivity index (χ4v) is 3.17. The van der Waals surface area contributed by atoms with Gasteiger partial charge in [0.1, 0.15) is 6.61 Å². The van der Waals surface area contributed by atoms with Crippen molar-refractivity contribution >= 4 is 36.7 Å². The van der Waals surface area contributed by atoms with E-state index in [4.69, 9.17) is 32.6 Å². The van der Waals surface area contributed by atoms with Crippen molar-refractivity contribution in [1.82, 2.24) is 5.06 Å². The van der Waals surface area contributed by atoms with Crippen LogP contribution in [0.4, 0.5) is 0 Å². The summed E-state index contributed by atoms with van der Waals surface area (Å²) in [4.78, 5) is 26.5. The topological polar surface area (TPSA) is 76.1 Å². The molecule has 1 aromatic rings. The Morgan fingerprint density at radius 3 is 2.61 bits per heavy atom. The molecule has 1 atom stereocenters. The molecule has 0 radical (unpaired) electrons. The Balaban J connectivity index is 2.50. The number of amides is 1. The van der Waals surface area contributed by atoms with Crippen LogP contribution in [0.5, 0.6) is 0 Å². The highest BCUT2D eigenvalue weighted by molar-refractivity contribution is 7.52. The van der Waals surface area contributed by atoms with Crippen LogP contribution in [0.3, 0.4) is 0 Å². The van der Waals surface area contributed by atoms with Gasteiger partial charge in [0.05, 0.1) is 22.8 Å². The van der Waals surface area contributed by atoms with Gasteiger partial charge in [0, 0.05) is 13.5 Å². The number of benzene rings is 1. The number of carbonyl (C=O) groups excluding carboxylic acids is 1. The zero-order valence-electron chi connectivity index (χ0n) is 13.0. The molecule has 0 aliphatic heterocycles. The number of rotatable bonds is 9. The van der Waals surface area contributed by atoms with E-state index >= 15 is 0 Å². The van der Waals surface area contributed by atoms with Gasteiger partial charge in [0.2, 0.25) is 5.91 Å². The minimum absolute atomic E-state index is 0.0409. The molecule has 0 saturated heterocycles. The molecule has 0 spiro atoms. The molecule has 0 bridgehead atoms. The van der Waals surface area contributed by atoms with E-state index in [1.54, 1.807) is 25.1 Å². The zero-order chi connectivity index (χ0) is 17.5. The lowest BCUT2D eigenvalue weighted by atomic mass is 10.2. The van der Waals surface area contributed by atoms with E-state index in [0.717, 1.165) is 10.6 Å². The third-order valence-corrected chi connectivity index (χ3v) is 5.14. The van der Waals surface area contributed by atoms with E-state index in [0.29, 0.717) is 10.0 Å². The number of hydrogen-bond donors (Lipinski definition) is 1. The molecule has 9 heteroatoms. The molecule has 0 saturated carbocycles. The number of hydrogen-bond acceptors (Lipinski definition) is 4. The summed E-state index contributed by atoms with van der Waals surface area (Å²) in [6.07, 6.45) is 0.246. The first-order valence-electron chi connectivity index (χ1n) is 7.06. The smallest absolute Gasteiger partial charge is 0.324 e. The molecule has 0 aliphatic carbocycles. The van der Waals surface area contributed by atoms with Gasteiger partial charge in [-0.15, -0.1) is 0 Å². The molecular weight excluding hydrogens is 364 g/mol. The summed E-state index contributed by atoms with van der Waals surface area (Å²) < 4.78 is 16.3. The quantitative estimate of drug-likeness (QED) is 0.517. The van der Waals surface area contributed by atoms with Gasteiger partial charge in [-0.1, -0.05) is 29.3 Å². The molecule has 1 N–H and O–H groups in total. The van der Waals surface area contributed by atoms with Gasteiger partial charge < -0.3 is 9.42 Å². The predicted octanol–water partition coefficient (Wildman–Crippen LogP) is 3.89. The lowest BCUT2D eigenvalue weighted by Gasteiger charge is -2.21. The Bertz CT molecular complexity index is 584. The van der Waals surface area contributed by atoms with Crippen molar-refractivity contribution in [1.29, 1.82) is 0 Å². The first-order valence-corrected chi connectivity index (χ1v) is 9.58. The number of carbonyl (C=O) groups is 1. The lowest BCUT2D eigenvalue weighted by Crippen LogP contribution is -2.30. The number of nitrogens with zero attached hydrogens (tertiary/aromatic N) is 1. The van der Waals surface area contributed by atoms with Gasteiger partial charge in [-0.05, 0) is 31.0 Å². The van der Waals surface area contributed by atoms with Crippen molar-refractivity contribution in [2.75, 3.05) is 19.3 Å². The summed E-state index contributed by atoms with van der Waals surface area (Å²) in [5.74, 6) is -0.297. The molecule has 0 aromatic heterocycles. The van der Waals surface area contributed by atoms with Gasteiger partial charge in [-0.2, -0.15) is 0 Å². The third kappa shape index (κ3) is 7.66. The average Bonchev–Trinajstić information content (AvgIpc) is 2.45. The largest absolute Gasteiger partial charge is 0.328 e. The summed E-state index contributed by atoms with van der Waals surface area (Å²) in [6, 6.07) is 5.04.